The molecule has 88 valence electrons. The van der Waals surface area contributed by atoms with E-state index in [-0.39, 0.29) is 11.9 Å². The van der Waals surface area contributed by atoms with Gasteiger partial charge in [-0.2, -0.15) is 0 Å². The van der Waals surface area contributed by atoms with Crippen LogP contribution >= 0.6 is 0 Å². The van der Waals surface area contributed by atoms with Gasteiger partial charge in [-0.05, 0) is 38.4 Å². The third kappa shape index (κ3) is 2.44. The van der Waals surface area contributed by atoms with E-state index in [0.29, 0.717) is 0 Å². The molecule has 2 heterocycles. The Balaban J connectivity index is 1.96. The lowest BCUT2D eigenvalue weighted by Crippen LogP contribution is -2.46. The van der Waals surface area contributed by atoms with E-state index < -0.39 is 0 Å². The Kier molecular flexibility index (Phi) is 3.62. The van der Waals surface area contributed by atoms with Gasteiger partial charge in [0.2, 0.25) is 0 Å². The summed E-state index contributed by atoms with van der Waals surface area (Å²) in [4.78, 5) is 12.0. The molecule has 0 spiro atoms. The average Bonchev–Trinajstić information content (AvgIpc) is 2.78. The summed E-state index contributed by atoms with van der Waals surface area (Å²) >= 11 is 0. The molecule has 16 heavy (non-hydrogen) atoms. The van der Waals surface area contributed by atoms with Crippen LogP contribution in [0.15, 0.2) is 18.3 Å². The minimum Gasteiger partial charge on any atom is -0.347 e. The van der Waals surface area contributed by atoms with E-state index in [1.54, 1.807) is 0 Å². The van der Waals surface area contributed by atoms with Crippen molar-refractivity contribution in [2.45, 2.75) is 32.4 Å². The number of amides is 1. The summed E-state index contributed by atoms with van der Waals surface area (Å²) in [5, 5.41) is 6.37. The Bertz CT molecular complexity index is 353. The fraction of sp³-hybridized carbons (Fsp3) is 0.583. The topological polar surface area (TPSA) is 46.1 Å². The van der Waals surface area contributed by atoms with Crippen molar-refractivity contribution in [2.75, 3.05) is 13.1 Å². The van der Waals surface area contributed by atoms with Crippen molar-refractivity contribution < 1.29 is 4.79 Å². The van der Waals surface area contributed by atoms with Gasteiger partial charge in [-0.15, -0.1) is 0 Å². The molecule has 1 fully saturated rings. The first-order valence-electron chi connectivity index (χ1n) is 5.98. The molecule has 1 aromatic rings. The second-order valence-corrected chi connectivity index (χ2v) is 4.20. The molecule has 1 amide bonds. The van der Waals surface area contributed by atoms with E-state index >= 15 is 0 Å². The zero-order valence-corrected chi connectivity index (χ0v) is 9.70. The van der Waals surface area contributed by atoms with Gasteiger partial charge in [-0.3, -0.25) is 4.79 Å². The number of piperidine rings is 1. The molecule has 0 bridgehead atoms. The molecule has 1 saturated heterocycles. The minimum atomic E-state index is 0.0422. The van der Waals surface area contributed by atoms with E-state index in [9.17, 15) is 4.79 Å². The van der Waals surface area contributed by atoms with Crippen molar-refractivity contribution in [3.8, 4) is 0 Å². The molecule has 1 atom stereocenters. The Morgan fingerprint density at radius 2 is 2.56 bits per heavy atom. The summed E-state index contributed by atoms with van der Waals surface area (Å²) < 4.78 is 1.96. The maximum absolute atomic E-state index is 12.0. The van der Waals surface area contributed by atoms with Crippen LogP contribution in [0, 0.1) is 0 Å². The largest absolute Gasteiger partial charge is 0.347 e. The van der Waals surface area contributed by atoms with Crippen LogP contribution < -0.4 is 10.6 Å². The van der Waals surface area contributed by atoms with Crippen LogP contribution in [0.4, 0.5) is 0 Å². The number of aromatic nitrogens is 1. The lowest BCUT2D eigenvalue weighted by molar-refractivity contribution is 0.0921. The highest BCUT2D eigenvalue weighted by atomic mass is 16.2. The molecule has 2 N–H and O–H groups in total. The van der Waals surface area contributed by atoms with E-state index in [1.165, 1.54) is 0 Å². The lowest BCUT2D eigenvalue weighted by Gasteiger charge is -2.23. The summed E-state index contributed by atoms with van der Waals surface area (Å²) in [5.74, 6) is 0.0422. The maximum atomic E-state index is 12.0. The minimum absolute atomic E-state index is 0.0422. The molecule has 0 saturated carbocycles. The van der Waals surface area contributed by atoms with E-state index in [4.69, 9.17) is 0 Å². The summed E-state index contributed by atoms with van der Waals surface area (Å²) in [5.41, 5.74) is 0.757. The quantitative estimate of drug-likeness (QED) is 0.799. The maximum Gasteiger partial charge on any atom is 0.268 e. The smallest absolute Gasteiger partial charge is 0.268 e. The van der Waals surface area contributed by atoms with Crippen LogP contribution in [-0.4, -0.2) is 29.6 Å². The number of carbonyl (C=O) groups is 1. The first kappa shape index (κ1) is 11.2. The molecule has 4 nitrogen and oxygen atoms in total. The number of rotatable bonds is 3. The van der Waals surface area contributed by atoms with E-state index in [1.807, 2.05) is 29.8 Å². The van der Waals surface area contributed by atoms with Gasteiger partial charge >= 0.3 is 0 Å². The molecular formula is C12H19N3O. The molecule has 4 heteroatoms. The molecule has 0 aliphatic carbocycles. The van der Waals surface area contributed by atoms with Crippen molar-refractivity contribution in [3.05, 3.63) is 24.0 Å². The Hall–Kier alpha value is -1.29. The molecule has 1 aliphatic heterocycles. The molecule has 1 unspecified atom stereocenters. The summed E-state index contributed by atoms with van der Waals surface area (Å²) in [6, 6.07) is 4.06. The zero-order chi connectivity index (χ0) is 11.4. The van der Waals surface area contributed by atoms with Gasteiger partial charge in [0, 0.05) is 25.3 Å². The highest BCUT2D eigenvalue weighted by Crippen LogP contribution is 2.05. The van der Waals surface area contributed by atoms with Crippen LogP contribution in [-0.2, 0) is 6.54 Å². The third-order valence-corrected chi connectivity index (χ3v) is 3.03. The van der Waals surface area contributed by atoms with Gasteiger partial charge in [0.05, 0.1) is 0 Å². The van der Waals surface area contributed by atoms with Crippen molar-refractivity contribution in [1.29, 1.82) is 0 Å². The standard InChI is InChI=1S/C12H19N3O/c1-2-15-8-4-6-11(15)12(16)14-10-5-3-7-13-9-10/h4,6,8,10,13H,2-3,5,7,9H2,1H3,(H,14,16). The first-order valence-corrected chi connectivity index (χ1v) is 5.98. The zero-order valence-electron chi connectivity index (χ0n) is 9.70. The third-order valence-electron chi connectivity index (χ3n) is 3.03. The fourth-order valence-electron chi connectivity index (χ4n) is 2.13. The normalized spacial score (nSPS) is 20.7. The molecule has 0 aromatic carbocycles. The fourth-order valence-corrected chi connectivity index (χ4v) is 2.13. The Morgan fingerprint density at radius 1 is 1.69 bits per heavy atom. The summed E-state index contributed by atoms with van der Waals surface area (Å²) in [7, 11) is 0. The predicted octanol–water partition coefficient (Wildman–Crippen LogP) is 0.990. The number of aryl methyl sites for hydroxylation is 1. The molecule has 2 rings (SSSR count). The van der Waals surface area contributed by atoms with E-state index in [2.05, 4.69) is 10.6 Å². The van der Waals surface area contributed by atoms with Crippen molar-refractivity contribution in [1.82, 2.24) is 15.2 Å². The van der Waals surface area contributed by atoms with Crippen LogP contribution in [0.1, 0.15) is 30.3 Å². The summed E-state index contributed by atoms with van der Waals surface area (Å²) in [6.07, 6.45) is 4.15. The van der Waals surface area contributed by atoms with Crippen LogP contribution in [0.2, 0.25) is 0 Å². The van der Waals surface area contributed by atoms with Gasteiger partial charge < -0.3 is 15.2 Å². The number of carbonyl (C=O) groups excluding carboxylic acids is 1. The van der Waals surface area contributed by atoms with Crippen molar-refractivity contribution >= 4 is 5.91 Å². The van der Waals surface area contributed by atoms with Crippen LogP contribution in [0.3, 0.4) is 0 Å². The highest BCUT2D eigenvalue weighted by molar-refractivity contribution is 5.92. The average molecular weight is 221 g/mol. The van der Waals surface area contributed by atoms with Gasteiger partial charge in [-0.25, -0.2) is 0 Å². The van der Waals surface area contributed by atoms with Crippen molar-refractivity contribution in [3.63, 3.8) is 0 Å². The second-order valence-electron chi connectivity index (χ2n) is 4.20. The number of hydrogen-bond donors (Lipinski definition) is 2. The highest BCUT2D eigenvalue weighted by Gasteiger charge is 2.17. The van der Waals surface area contributed by atoms with Gasteiger partial charge in [-0.1, -0.05) is 0 Å². The lowest BCUT2D eigenvalue weighted by atomic mass is 10.1. The monoisotopic (exact) mass is 221 g/mol. The molecule has 1 aromatic heterocycles. The number of hydrogen-bond acceptors (Lipinski definition) is 2. The predicted molar refractivity (Wildman–Crippen MR) is 63.5 cm³/mol. The van der Waals surface area contributed by atoms with Gasteiger partial charge in [0.1, 0.15) is 5.69 Å². The van der Waals surface area contributed by atoms with Gasteiger partial charge in [0.15, 0.2) is 0 Å². The van der Waals surface area contributed by atoms with Crippen LogP contribution in [0.25, 0.3) is 0 Å². The Labute approximate surface area is 96.0 Å². The van der Waals surface area contributed by atoms with Crippen molar-refractivity contribution in [2.24, 2.45) is 0 Å². The molecule has 1 aliphatic rings. The Morgan fingerprint density at radius 3 is 3.25 bits per heavy atom. The van der Waals surface area contributed by atoms with Crippen LogP contribution in [0.5, 0.6) is 0 Å². The van der Waals surface area contributed by atoms with E-state index in [0.717, 1.165) is 38.2 Å². The number of nitrogens with one attached hydrogen (secondary N) is 2. The van der Waals surface area contributed by atoms with Gasteiger partial charge in [0.25, 0.3) is 5.91 Å². The second kappa shape index (κ2) is 5.16. The number of nitrogens with zero attached hydrogens (tertiary/aromatic N) is 1. The SMILES string of the molecule is CCn1cccc1C(=O)NC1CCCNC1. The molecular weight excluding hydrogens is 202 g/mol. The molecule has 0 radical (unpaired) electrons. The summed E-state index contributed by atoms with van der Waals surface area (Å²) in [6.45, 7) is 4.83. The first-order chi connectivity index (χ1) is 7.81.